The number of nitrogens with zero attached hydrogens (tertiary/aromatic N) is 2. The topological polar surface area (TPSA) is 59.9 Å². The Labute approximate surface area is 126 Å². The summed E-state index contributed by atoms with van der Waals surface area (Å²) in [5.41, 5.74) is 1.36. The molecule has 5 heteroatoms. The molecule has 1 aromatic rings. The molecule has 2 aliphatic rings. The van der Waals surface area contributed by atoms with Crippen LogP contribution in [0.5, 0.6) is 0 Å². The van der Waals surface area contributed by atoms with Crippen LogP contribution in [0, 0.1) is 0 Å². The number of benzene rings is 1. The van der Waals surface area contributed by atoms with Crippen LogP contribution in [-0.4, -0.2) is 53.8 Å². The first-order valence-electron chi connectivity index (χ1n) is 7.73. The third-order valence-corrected chi connectivity index (χ3v) is 4.40. The number of aliphatic imine (C=N–C) groups is 1. The van der Waals surface area contributed by atoms with E-state index in [0.717, 1.165) is 25.5 Å². The Hall–Kier alpha value is -1.59. The number of hydrogen-bond acceptors (Lipinski definition) is 5. The van der Waals surface area contributed by atoms with E-state index in [-0.39, 0.29) is 6.10 Å². The molecule has 0 saturated carbocycles. The number of aliphatic hydroxyl groups excluding tert-OH is 1. The van der Waals surface area contributed by atoms with Gasteiger partial charge in [0.25, 0.3) is 0 Å². The van der Waals surface area contributed by atoms with E-state index < -0.39 is 0 Å². The highest BCUT2D eigenvalue weighted by Crippen LogP contribution is 2.20. The van der Waals surface area contributed by atoms with Crippen LogP contribution in [-0.2, 0) is 6.54 Å². The number of guanidine groups is 1. The Morgan fingerprint density at radius 2 is 2.19 bits per heavy atom. The summed E-state index contributed by atoms with van der Waals surface area (Å²) in [7, 11) is 0. The molecule has 21 heavy (non-hydrogen) atoms. The molecule has 114 valence electrons. The summed E-state index contributed by atoms with van der Waals surface area (Å²) in [6, 6.07) is 11.5. The largest absolute Gasteiger partial charge is 0.389 e. The fourth-order valence-corrected chi connectivity index (χ4v) is 3.04. The predicted molar refractivity (Wildman–Crippen MR) is 84.2 cm³/mol. The van der Waals surface area contributed by atoms with Gasteiger partial charge in [0.2, 0.25) is 0 Å². The third-order valence-electron chi connectivity index (χ3n) is 4.40. The van der Waals surface area contributed by atoms with Gasteiger partial charge in [0, 0.05) is 31.7 Å². The summed E-state index contributed by atoms with van der Waals surface area (Å²) in [5.74, 6) is 0.832. The number of nitrogens with one attached hydrogen (secondary N) is 2. The van der Waals surface area contributed by atoms with Gasteiger partial charge in [-0.25, -0.2) is 0 Å². The molecule has 0 amide bonds. The molecule has 2 heterocycles. The smallest absolute Gasteiger partial charge is 0.191 e. The van der Waals surface area contributed by atoms with Crippen LogP contribution >= 0.6 is 0 Å². The van der Waals surface area contributed by atoms with E-state index in [1.54, 1.807) is 0 Å². The van der Waals surface area contributed by atoms with Crippen LogP contribution in [0.4, 0.5) is 0 Å². The maximum atomic E-state index is 9.44. The average molecular weight is 288 g/mol. The van der Waals surface area contributed by atoms with Gasteiger partial charge in [-0.1, -0.05) is 30.3 Å². The summed E-state index contributed by atoms with van der Waals surface area (Å²) >= 11 is 0. The Morgan fingerprint density at radius 1 is 1.38 bits per heavy atom. The lowest BCUT2D eigenvalue weighted by molar-refractivity contribution is 0.180. The highest BCUT2D eigenvalue weighted by Gasteiger charge is 2.31. The van der Waals surface area contributed by atoms with Gasteiger partial charge in [-0.3, -0.25) is 9.89 Å². The fraction of sp³-hybridized carbons (Fsp3) is 0.562. The van der Waals surface area contributed by atoms with Crippen molar-refractivity contribution in [1.29, 1.82) is 0 Å². The first kappa shape index (κ1) is 14.4. The van der Waals surface area contributed by atoms with Gasteiger partial charge >= 0.3 is 0 Å². The summed E-state index contributed by atoms with van der Waals surface area (Å²) in [6.07, 6.45) is 0.767. The van der Waals surface area contributed by atoms with Crippen molar-refractivity contribution in [3.8, 4) is 0 Å². The minimum atomic E-state index is -0.355. The molecule has 3 N–H and O–H groups in total. The number of likely N-dealkylation sites (tertiary alicyclic amines) is 1. The lowest BCUT2D eigenvalue weighted by atomic mass is 10.1. The van der Waals surface area contributed by atoms with Crippen molar-refractivity contribution in [2.75, 3.05) is 19.6 Å². The molecule has 5 nitrogen and oxygen atoms in total. The van der Waals surface area contributed by atoms with E-state index in [1.165, 1.54) is 5.56 Å². The zero-order valence-electron chi connectivity index (χ0n) is 12.5. The van der Waals surface area contributed by atoms with E-state index >= 15 is 0 Å². The van der Waals surface area contributed by atoms with Gasteiger partial charge in [0.1, 0.15) is 0 Å². The predicted octanol–water partition coefficient (Wildman–Crippen LogP) is 0.559. The summed E-state index contributed by atoms with van der Waals surface area (Å²) < 4.78 is 0. The molecular weight excluding hydrogens is 264 g/mol. The lowest BCUT2D eigenvalue weighted by Crippen LogP contribution is -2.52. The van der Waals surface area contributed by atoms with Crippen LogP contribution in [0.3, 0.4) is 0 Å². The molecule has 1 aromatic carbocycles. The lowest BCUT2D eigenvalue weighted by Gasteiger charge is -2.28. The summed E-state index contributed by atoms with van der Waals surface area (Å²) in [5, 5.41) is 16.1. The third kappa shape index (κ3) is 3.54. The molecule has 0 bridgehead atoms. The first-order valence-corrected chi connectivity index (χ1v) is 7.73. The van der Waals surface area contributed by atoms with Crippen molar-refractivity contribution in [3.05, 3.63) is 35.9 Å². The molecular formula is C16H24N4O. The molecule has 2 aliphatic heterocycles. The molecule has 1 fully saturated rings. The fourth-order valence-electron chi connectivity index (χ4n) is 3.04. The van der Waals surface area contributed by atoms with Gasteiger partial charge in [-0.2, -0.15) is 0 Å². The van der Waals surface area contributed by atoms with E-state index in [0.29, 0.717) is 25.2 Å². The summed E-state index contributed by atoms with van der Waals surface area (Å²) in [4.78, 5) is 6.85. The number of hydrogen-bond donors (Lipinski definition) is 3. The second kappa shape index (κ2) is 6.45. The maximum Gasteiger partial charge on any atom is 0.191 e. The van der Waals surface area contributed by atoms with E-state index in [2.05, 4.69) is 57.8 Å². The molecule has 0 aromatic heterocycles. The van der Waals surface area contributed by atoms with Crippen molar-refractivity contribution in [1.82, 2.24) is 15.5 Å². The zero-order chi connectivity index (χ0) is 14.7. The standard InChI is InChI=1S/C16H24N4O/c1-12-15(19-16-17-9-14(21)10-18-16)7-8-20(12)11-13-5-3-2-4-6-13/h2-6,12,14-15,21H,7-11H2,1H3,(H2,17,18,19). The van der Waals surface area contributed by atoms with E-state index in [9.17, 15) is 5.11 Å². The van der Waals surface area contributed by atoms with Crippen LogP contribution in [0.25, 0.3) is 0 Å². The second-order valence-electron chi connectivity index (χ2n) is 5.96. The molecule has 0 aliphatic carbocycles. The quantitative estimate of drug-likeness (QED) is 0.760. The monoisotopic (exact) mass is 288 g/mol. The zero-order valence-corrected chi connectivity index (χ0v) is 12.5. The SMILES string of the molecule is CC1C(NC2=NCC(O)CN2)CCN1Cc1ccccc1. The highest BCUT2D eigenvalue weighted by atomic mass is 16.3. The van der Waals surface area contributed by atoms with Gasteiger partial charge in [0.05, 0.1) is 12.6 Å². The Balaban J connectivity index is 1.55. The van der Waals surface area contributed by atoms with Crippen molar-refractivity contribution in [3.63, 3.8) is 0 Å². The molecule has 3 rings (SSSR count). The molecule has 0 radical (unpaired) electrons. The maximum absolute atomic E-state index is 9.44. The first-order chi connectivity index (χ1) is 10.2. The van der Waals surface area contributed by atoms with Crippen molar-refractivity contribution in [2.24, 2.45) is 4.99 Å². The van der Waals surface area contributed by atoms with Crippen LogP contribution in [0.1, 0.15) is 18.9 Å². The Morgan fingerprint density at radius 3 is 2.90 bits per heavy atom. The van der Waals surface area contributed by atoms with Crippen molar-refractivity contribution in [2.45, 2.75) is 38.1 Å². The summed E-state index contributed by atoms with van der Waals surface area (Å²) in [6.45, 7) is 5.44. The molecule has 0 spiro atoms. The van der Waals surface area contributed by atoms with Crippen molar-refractivity contribution < 1.29 is 5.11 Å². The van der Waals surface area contributed by atoms with Crippen LogP contribution < -0.4 is 10.6 Å². The van der Waals surface area contributed by atoms with E-state index in [4.69, 9.17) is 0 Å². The van der Waals surface area contributed by atoms with E-state index in [1.807, 2.05) is 0 Å². The van der Waals surface area contributed by atoms with Gasteiger partial charge in [-0.05, 0) is 18.9 Å². The van der Waals surface area contributed by atoms with Crippen LogP contribution in [0.15, 0.2) is 35.3 Å². The Kier molecular flexibility index (Phi) is 4.41. The molecule has 3 atom stereocenters. The highest BCUT2D eigenvalue weighted by molar-refractivity contribution is 5.80. The minimum absolute atomic E-state index is 0.355. The Bertz CT molecular complexity index is 490. The molecule has 1 saturated heterocycles. The van der Waals surface area contributed by atoms with Gasteiger partial charge in [0.15, 0.2) is 5.96 Å². The van der Waals surface area contributed by atoms with Crippen molar-refractivity contribution >= 4 is 5.96 Å². The average Bonchev–Trinajstić information content (AvgIpc) is 2.84. The second-order valence-corrected chi connectivity index (χ2v) is 5.96. The minimum Gasteiger partial charge on any atom is -0.389 e. The van der Waals surface area contributed by atoms with Crippen LogP contribution in [0.2, 0.25) is 0 Å². The number of aliphatic hydroxyl groups is 1. The molecule has 3 unspecified atom stereocenters. The number of β-amino-alcohol motifs (C(OH)–C–C–N with tert-alkyl or cyclic N) is 1. The number of rotatable bonds is 3. The normalized spacial score (nSPS) is 29.8. The van der Waals surface area contributed by atoms with Gasteiger partial charge < -0.3 is 15.7 Å². The van der Waals surface area contributed by atoms with Gasteiger partial charge in [-0.15, -0.1) is 0 Å².